The number of pyridine rings is 1. The number of aromatic nitrogens is 3. The fourth-order valence-corrected chi connectivity index (χ4v) is 2.29. The second-order valence-corrected chi connectivity index (χ2v) is 4.57. The summed E-state index contributed by atoms with van der Waals surface area (Å²) >= 11 is 0. The molecule has 0 aliphatic carbocycles. The molecule has 0 bridgehead atoms. The van der Waals surface area contributed by atoms with Gasteiger partial charge in [-0.2, -0.15) is 0 Å². The van der Waals surface area contributed by atoms with Crippen molar-refractivity contribution in [1.29, 1.82) is 0 Å². The van der Waals surface area contributed by atoms with E-state index in [-0.39, 0.29) is 0 Å². The standard InChI is InChI=1S/C15H16N4/c1-19-14-6-5-11(7-8-16)10-13(14)18-15(19)12-4-2-3-9-17-12/h2-6,9-10H,7-8,16H2,1H3. The molecular formula is C15H16N4. The van der Waals surface area contributed by atoms with Crippen LogP contribution in [0.3, 0.4) is 0 Å². The fraction of sp³-hybridized carbons (Fsp3) is 0.200. The summed E-state index contributed by atoms with van der Waals surface area (Å²) in [6.07, 6.45) is 2.67. The van der Waals surface area contributed by atoms with Gasteiger partial charge in [0.25, 0.3) is 0 Å². The number of rotatable bonds is 3. The van der Waals surface area contributed by atoms with Crippen LogP contribution in [0.4, 0.5) is 0 Å². The third kappa shape index (κ3) is 2.11. The van der Waals surface area contributed by atoms with E-state index in [0.717, 1.165) is 29.0 Å². The van der Waals surface area contributed by atoms with Crippen molar-refractivity contribution in [2.75, 3.05) is 6.54 Å². The molecule has 3 aromatic rings. The Morgan fingerprint density at radius 3 is 2.84 bits per heavy atom. The molecule has 0 aliphatic rings. The van der Waals surface area contributed by atoms with Crippen LogP contribution in [0.2, 0.25) is 0 Å². The number of fused-ring (bicyclic) bond motifs is 1. The highest BCUT2D eigenvalue weighted by molar-refractivity contribution is 5.80. The zero-order valence-electron chi connectivity index (χ0n) is 10.9. The number of benzene rings is 1. The predicted octanol–water partition coefficient (Wildman–Crippen LogP) is 2.14. The van der Waals surface area contributed by atoms with Gasteiger partial charge in [-0.15, -0.1) is 0 Å². The maximum absolute atomic E-state index is 5.60. The molecule has 0 amide bonds. The average Bonchev–Trinajstić information content (AvgIpc) is 2.77. The van der Waals surface area contributed by atoms with Crippen LogP contribution >= 0.6 is 0 Å². The van der Waals surface area contributed by atoms with Crippen LogP contribution in [0.25, 0.3) is 22.6 Å². The molecule has 0 fully saturated rings. The predicted molar refractivity (Wildman–Crippen MR) is 76.7 cm³/mol. The molecule has 1 aromatic carbocycles. The Labute approximate surface area is 111 Å². The van der Waals surface area contributed by atoms with Crippen LogP contribution in [0.1, 0.15) is 5.56 Å². The van der Waals surface area contributed by atoms with E-state index in [1.54, 1.807) is 6.20 Å². The maximum atomic E-state index is 5.60. The molecule has 0 radical (unpaired) electrons. The lowest BCUT2D eigenvalue weighted by Gasteiger charge is -2.01. The summed E-state index contributed by atoms with van der Waals surface area (Å²) in [6, 6.07) is 12.2. The van der Waals surface area contributed by atoms with E-state index < -0.39 is 0 Å². The molecule has 0 aliphatic heterocycles. The molecule has 96 valence electrons. The van der Waals surface area contributed by atoms with E-state index in [0.29, 0.717) is 6.54 Å². The van der Waals surface area contributed by atoms with Crippen molar-refractivity contribution in [3.63, 3.8) is 0 Å². The lowest BCUT2D eigenvalue weighted by molar-refractivity contribution is 0.949. The van der Waals surface area contributed by atoms with Crippen LogP contribution in [0.15, 0.2) is 42.6 Å². The number of aryl methyl sites for hydroxylation is 1. The molecule has 0 spiro atoms. The lowest BCUT2D eigenvalue weighted by atomic mass is 10.1. The molecule has 2 heterocycles. The maximum Gasteiger partial charge on any atom is 0.159 e. The van der Waals surface area contributed by atoms with Gasteiger partial charge in [-0.3, -0.25) is 4.98 Å². The van der Waals surface area contributed by atoms with E-state index >= 15 is 0 Å². The summed E-state index contributed by atoms with van der Waals surface area (Å²) in [5, 5.41) is 0. The van der Waals surface area contributed by atoms with Gasteiger partial charge in [0.1, 0.15) is 5.69 Å². The van der Waals surface area contributed by atoms with Crippen molar-refractivity contribution in [3.8, 4) is 11.5 Å². The smallest absolute Gasteiger partial charge is 0.159 e. The van der Waals surface area contributed by atoms with Gasteiger partial charge in [-0.05, 0) is 42.8 Å². The van der Waals surface area contributed by atoms with Gasteiger partial charge in [0.15, 0.2) is 5.82 Å². The largest absolute Gasteiger partial charge is 0.330 e. The van der Waals surface area contributed by atoms with Gasteiger partial charge in [-0.1, -0.05) is 12.1 Å². The first-order valence-electron chi connectivity index (χ1n) is 6.36. The molecule has 4 heteroatoms. The van der Waals surface area contributed by atoms with Gasteiger partial charge in [0, 0.05) is 13.2 Å². The number of hydrogen-bond acceptors (Lipinski definition) is 3. The van der Waals surface area contributed by atoms with E-state index in [1.807, 2.05) is 25.2 Å². The van der Waals surface area contributed by atoms with Crippen molar-refractivity contribution in [3.05, 3.63) is 48.2 Å². The van der Waals surface area contributed by atoms with Gasteiger partial charge < -0.3 is 10.3 Å². The molecule has 0 atom stereocenters. The Morgan fingerprint density at radius 1 is 1.21 bits per heavy atom. The minimum atomic E-state index is 0.658. The summed E-state index contributed by atoms with van der Waals surface area (Å²) in [5.74, 6) is 0.889. The van der Waals surface area contributed by atoms with Crippen molar-refractivity contribution in [2.24, 2.45) is 12.8 Å². The summed E-state index contributed by atoms with van der Waals surface area (Å²) in [7, 11) is 2.02. The van der Waals surface area contributed by atoms with Gasteiger partial charge in [0.2, 0.25) is 0 Å². The second kappa shape index (κ2) is 4.82. The summed E-state index contributed by atoms with van der Waals surface area (Å²) < 4.78 is 2.07. The van der Waals surface area contributed by atoms with Crippen molar-refractivity contribution in [2.45, 2.75) is 6.42 Å². The SMILES string of the molecule is Cn1c(-c2ccccn2)nc2cc(CCN)ccc21. The van der Waals surface area contributed by atoms with Crippen molar-refractivity contribution in [1.82, 2.24) is 14.5 Å². The third-order valence-corrected chi connectivity index (χ3v) is 3.27. The Kier molecular flexibility index (Phi) is 3.01. The van der Waals surface area contributed by atoms with E-state index in [1.165, 1.54) is 5.56 Å². The molecule has 0 saturated carbocycles. The van der Waals surface area contributed by atoms with E-state index in [9.17, 15) is 0 Å². The van der Waals surface area contributed by atoms with Crippen molar-refractivity contribution < 1.29 is 0 Å². The summed E-state index contributed by atoms with van der Waals surface area (Å²) in [4.78, 5) is 9.05. The highest BCUT2D eigenvalue weighted by Crippen LogP contribution is 2.22. The van der Waals surface area contributed by atoms with Crippen LogP contribution in [-0.2, 0) is 13.5 Å². The molecular weight excluding hydrogens is 236 g/mol. The minimum Gasteiger partial charge on any atom is -0.330 e. The molecule has 19 heavy (non-hydrogen) atoms. The zero-order valence-corrected chi connectivity index (χ0v) is 10.9. The summed E-state index contributed by atoms with van der Waals surface area (Å²) in [6.45, 7) is 0.658. The average molecular weight is 252 g/mol. The quantitative estimate of drug-likeness (QED) is 0.777. The second-order valence-electron chi connectivity index (χ2n) is 4.57. The fourth-order valence-electron chi connectivity index (χ4n) is 2.29. The first-order chi connectivity index (χ1) is 9.29. The third-order valence-electron chi connectivity index (χ3n) is 3.27. The Bertz CT molecular complexity index is 701. The number of imidazole rings is 1. The van der Waals surface area contributed by atoms with E-state index in [2.05, 4.69) is 32.7 Å². The van der Waals surface area contributed by atoms with Crippen LogP contribution in [0, 0.1) is 0 Å². The molecule has 3 rings (SSSR count). The molecule has 2 N–H and O–H groups in total. The van der Waals surface area contributed by atoms with Crippen molar-refractivity contribution >= 4 is 11.0 Å². The highest BCUT2D eigenvalue weighted by atomic mass is 15.1. The molecule has 0 saturated heterocycles. The van der Waals surface area contributed by atoms with Gasteiger partial charge >= 0.3 is 0 Å². The Morgan fingerprint density at radius 2 is 2.11 bits per heavy atom. The Balaban J connectivity index is 2.14. The first-order valence-corrected chi connectivity index (χ1v) is 6.36. The topological polar surface area (TPSA) is 56.7 Å². The molecule has 0 unspecified atom stereocenters. The van der Waals surface area contributed by atoms with Gasteiger partial charge in [0.05, 0.1) is 11.0 Å². The molecule has 2 aromatic heterocycles. The normalized spacial score (nSPS) is 11.1. The summed E-state index contributed by atoms with van der Waals surface area (Å²) in [5.41, 5.74) is 9.82. The number of hydrogen-bond donors (Lipinski definition) is 1. The number of nitrogens with zero attached hydrogens (tertiary/aromatic N) is 3. The van der Waals surface area contributed by atoms with Gasteiger partial charge in [-0.25, -0.2) is 4.98 Å². The first kappa shape index (κ1) is 11.9. The van der Waals surface area contributed by atoms with Crippen LogP contribution in [-0.4, -0.2) is 21.1 Å². The van der Waals surface area contributed by atoms with Crippen LogP contribution < -0.4 is 5.73 Å². The minimum absolute atomic E-state index is 0.658. The highest BCUT2D eigenvalue weighted by Gasteiger charge is 2.10. The lowest BCUT2D eigenvalue weighted by Crippen LogP contribution is -2.02. The number of nitrogens with two attached hydrogens (primary N) is 1. The molecule has 4 nitrogen and oxygen atoms in total. The van der Waals surface area contributed by atoms with Crippen LogP contribution in [0.5, 0.6) is 0 Å². The monoisotopic (exact) mass is 252 g/mol. The zero-order chi connectivity index (χ0) is 13.2. The Hall–Kier alpha value is -2.20. The van der Waals surface area contributed by atoms with E-state index in [4.69, 9.17) is 5.73 Å².